The fraction of sp³-hybridized carbons (Fsp3) is 0.115. The number of aliphatic hydroxyl groups is 1. The summed E-state index contributed by atoms with van der Waals surface area (Å²) < 4.78 is 12.1. The molecular formula is C26H19BrN2O5S. The molecule has 0 aliphatic carbocycles. The summed E-state index contributed by atoms with van der Waals surface area (Å²) in [4.78, 5) is 32.6. The average molecular weight is 551 g/mol. The zero-order chi connectivity index (χ0) is 24.7. The van der Waals surface area contributed by atoms with E-state index in [4.69, 9.17) is 9.47 Å². The Bertz CT molecular complexity index is 1480. The summed E-state index contributed by atoms with van der Waals surface area (Å²) in [5.74, 6) is -0.513. The number of anilines is 1. The van der Waals surface area contributed by atoms with Gasteiger partial charge < -0.3 is 14.6 Å². The van der Waals surface area contributed by atoms with Gasteiger partial charge in [-0.25, -0.2) is 4.98 Å². The lowest BCUT2D eigenvalue weighted by atomic mass is 9.95. The number of methoxy groups -OCH3 is 2. The molecule has 7 nitrogen and oxygen atoms in total. The van der Waals surface area contributed by atoms with Crippen molar-refractivity contribution < 1.29 is 24.2 Å². The molecule has 4 aromatic rings. The number of ketones is 1. The molecule has 3 aromatic carbocycles. The van der Waals surface area contributed by atoms with Crippen LogP contribution in [0.3, 0.4) is 0 Å². The first-order valence-electron chi connectivity index (χ1n) is 10.6. The van der Waals surface area contributed by atoms with E-state index >= 15 is 0 Å². The Morgan fingerprint density at radius 2 is 1.63 bits per heavy atom. The molecule has 0 radical (unpaired) electrons. The van der Waals surface area contributed by atoms with E-state index in [-0.39, 0.29) is 11.3 Å². The van der Waals surface area contributed by atoms with Crippen molar-refractivity contribution in [3.8, 4) is 11.5 Å². The lowest BCUT2D eigenvalue weighted by molar-refractivity contribution is -0.132. The van der Waals surface area contributed by atoms with Crippen molar-refractivity contribution in [1.82, 2.24) is 4.98 Å². The molecule has 1 aromatic heterocycles. The molecule has 1 N–H and O–H groups in total. The molecule has 0 saturated carbocycles. The molecule has 1 fully saturated rings. The number of hydrogen-bond acceptors (Lipinski definition) is 7. The van der Waals surface area contributed by atoms with Crippen LogP contribution in [0.1, 0.15) is 17.2 Å². The Hall–Kier alpha value is -3.69. The van der Waals surface area contributed by atoms with Crippen LogP contribution in [-0.4, -0.2) is 36.0 Å². The Kier molecular flexibility index (Phi) is 6.04. The van der Waals surface area contributed by atoms with Crippen molar-refractivity contribution in [2.24, 2.45) is 0 Å². The minimum atomic E-state index is -0.854. The largest absolute Gasteiger partial charge is 0.507 e. The van der Waals surface area contributed by atoms with Gasteiger partial charge in [0.15, 0.2) is 5.13 Å². The van der Waals surface area contributed by atoms with E-state index < -0.39 is 17.7 Å². The maximum atomic E-state index is 13.3. The molecule has 9 heteroatoms. The Balaban J connectivity index is 1.69. The fourth-order valence-electron chi connectivity index (χ4n) is 4.02. The number of aliphatic hydroxyl groups excluding tert-OH is 1. The van der Waals surface area contributed by atoms with Crippen molar-refractivity contribution >= 4 is 60.1 Å². The molecular weight excluding hydrogens is 532 g/mol. The van der Waals surface area contributed by atoms with E-state index in [0.717, 1.165) is 9.17 Å². The second-order valence-electron chi connectivity index (χ2n) is 7.78. The Morgan fingerprint density at radius 1 is 0.971 bits per heavy atom. The van der Waals surface area contributed by atoms with Gasteiger partial charge in [-0.05, 0) is 60.2 Å². The van der Waals surface area contributed by atoms with Crippen molar-refractivity contribution in [2.75, 3.05) is 19.1 Å². The zero-order valence-corrected chi connectivity index (χ0v) is 21.1. The highest BCUT2D eigenvalue weighted by atomic mass is 79.9. The van der Waals surface area contributed by atoms with E-state index in [0.29, 0.717) is 33.3 Å². The van der Waals surface area contributed by atoms with Crippen LogP contribution in [0.4, 0.5) is 5.13 Å². The van der Waals surface area contributed by atoms with Crippen LogP contribution in [-0.2, 0) is 9.59 Å². The molecule has 176 valence electrons. The third-order valence-electron chi connectivity index (χ3n) is 5.78. The van der Waals surface area contributed by atoms with Crippen LogP contribution >= 0.6 is 27.3 Å². The maximum Gasteiger partial charge on any atom is 0.301 e. The Labute approximate surface area is 213 Å². The normalized spacial score (nSPS) is 17.2. The molecule has 5 rings (SSSR count). The molecule has 0 bridgehead atoms. The van der Waals surface area contributed by atoms with Crippen molar-refractivity contribution in [1.29, 1.82) is 0 Å². The number of nitrogens with zero attached hydrogens (tertiary/aromatic N) is 2. The molecule has 1 aliphatic heterocycles. The number of carbonyl (C=O) groups excluding carboxylic acids is 2. The van der Waals surface area contributed by atoms with Gasteiger partial charge in [0, 0.05) is 10.0 Å². The highest BCUT2D eigenvalue weighted by Crippen LogP contribution is 2.44. The number of thiazole rings is 1. The van der Waals surface area contributed by atoms with Gasteiger partial charge in [0.25, 0.3) is 5.78 Å². The smallest absolute Gasteiger partial charge is 0.301 e. The number of aromatic nitrogens is 1. The van der Waals surface area contributed by atoms with E-state index in [1.165, 1.54) is 16.2 Å². The number of fused-ring (bicyclic) bond motifs is 1. The summed E-state index contributed by atoms with van der Waals surface area (Å²) in [6, 6.07) is 18.5. The van der Waals surface area contributed by atoms with Crippen LogP contribution in [0.2, 0.25) is 0 Å². The fourth-order valence-corrected chi connectivity index (χ4v) is 5.30. The minimum absolute atomic E-state index is 0.000624. The monoisotopic (exact) mass is 550 g/mol. The molecule has 35 heavy (non-hydrogen) atoms. The number of ether oxygens (including phenoxy) is 2. The maximum absolute atomic E-state index is 13.3. The number of halogens is 1. The first kappa shape index (κ1) is 23.1. The SMILES string of the molecule is COc1ccc(C(O)=C2C(=O)C(=O)N(c3nc4ccc(OC)cc4s3)[C@H]2c2ccc(Br)cc2)cc1. The van der Waals surface area contributed by atoms with E-state index in [1.54, 1.807) is 50.6 Å². The number of benzene rings is 3. The second-order valence-corrected chi connectivity index (χ2v) is 9.70. The van der Waals surface area contributed by atoms with Gasteiger partial charge in [0.05, 0.1) is 36.1 Å². The second kappa shape index (κ2) is 9.16. The summed E-state index contributed by atoms with van der Waals surface area (Å²) in [5.41, 5.74) is 1.75. The zero-order valence-electron chi connectivity index (χ0n) is 18.7. The molecule has 1 aliphatic rings. The van der Waals surface area contributed by atoms with Crippen molar-refractivity contribution in [2.45, 2.75) is 6.04 Å². The number of hydrogen-bond donors (Lipinski definition) is 1. The summed E-state index contributed by atoms with van der Waals surface area (Å²) in [6.45, 7) is 0. The van der Waals surface area contributed by atoms with Gasteiger partial charge in [-0.3, -0.25) is 14.5 Å². The molecule has 1 amide bonds. The quantitative estimate of drug-likeness (QED) is 0.195. The lowest BCUT2D eigenvalue weighted by Crippen LogP contribution is -2.29. The average Bonchev–Trinajstić information content (AvgIpc) is 3.41. The van der Waals surface area contributed by atoms with Crippen molar-refractivity contribution in [3.63, 3.8) is 0 Å². The molecule has 0 spiro atoms. The standard InChI is InChI=1S/C26H19BrN2O5S/c1-33-17-9-5-15(6-10-17)23(30)21-22(14-3-7-16(27)8-4-14)29(25(32)24(21)31)26-28-19-12-11-18(34-2)13-20(19)35-26/h3-13,22,30H,1-2H3/t22-/m0/s1. The first-order valence-corrected chi connectivity index (χ1v) is 12.2. The predicted octanol–water partition coefficient (Wildman–Crippen LogP) is 5.70. The van der Waals surface area contributed by atoms with Crippen LogP contribution < -0.4 is 14.4 Å². The summed E-state index contributed by atoms with van der Waals surface area (Å²) >= 11 is 4.70. The van der Waals surface area contributed by atoms with Crippen molar-refractivity contribution in [3.05, 3.63) is 87.9 Å². The molecule has 1 atom stereocenters. The first-order chi connectivity index (χ1) is 16.9. The molecule has 0 unspecified atom stereocenters. The third-order valence-corrected chi connectivity index (χ3v) is 7.33. The summed E-state index contributed by atoms with van der Waals surface area (Å²) in [5, 5.41) is 11.6. The highest BCUT2D eigenvalue weighted by Gasteiger charge is 2.48. The third kappa shape index (κ3) is 4.06. The number of rotatable bonds is 5. The van der Waals surface area contributed by atoms with E-state index in [9.17, 15) is 14.7 Å². The number of amides is 1. The van der Waals surface area contributed by atoms with Gasteiger partial charge in [0.2, 0.25) is 0 Å². The van der Waals surface area contributed by atoms with Gasteiger partial charge in [0.1, 0.15) is 17.3 Å². The summed E-state index contributed by atoms with van der Waals surface area (Å²) in [6.07, 6.45) is 0. The van der Waals surface area contributed by atoms with Crippen LogP contribution in [0.5, 0.6) is 11.5 Å². The van der Waals surface area contributed by atoms with Crippen LogP contribution in [0.25, 0.3) is 16.0 Å². The number of Topliss-reactive ketones (excluding diaryl/α,β-unsaturated/α-hetero) is 1. The predicted molar refractivity (Wildman–Crippen MR) is 138 cm³/mol. The van der Waals surface area contributed by atoms with Gasteiger partial charge in [-0.15, -0.1) is 0 Å². The van der Waals surface area contributed by atoms with Gasteiger partial charge in [-0.2, -0.15) is 0 Å². The topological polar surface area (TPSA) is 89.0 Å². The molecule has 1 saturated heterocycles. The lowest BCUT2D eigenvalue weighted by Gasteiger charge is -2.23. The highest BCUT2D eigenvalue weighted by molar-refractivity contribution is 9.10. The Morgan fingerprint density at radius 3 is 2.29 bits per heavy atom. The van der Waals surface area contributed by atoms with E-state index in [1.807, 2.05) is 30.3 Å². The van der Waals surface area contributed by atoms with Gasteiger partial charge in [-0.1, -0.05) is 39.4 Å². The van der Waals surface area contributed by atoms with Crippen LogP contribution in [0.15, 0.2) is 76.8 Å². The van der Waals surface area contributed by atoms with Gasteiger partial charge >= 0.3 is 5.91 Å². The summed E-state index contributed by atoms with van der Waals surface area (Å²) in [7, 11) is 3.12. The number of carbonyl (C=O) groups is 2. The minimum Gasteiger partial charge on any atom is -0.507 e. The van der Waals surface area contributed by atoms with Crippen LogP contribution in [0, 0.1) is 0 Å². The van der Waals surface area contributed by atoms with E-state index in [2.05, 4.69) is 20.9 Å². The molecule has 2 heterocycles.